The predicted octanol–water partition coefficient (Wildman–Crippen LogP) is 4.33. The molecule has 1 aromatic carbocycles. The molecule has 1 aromatic heterocycles. The molecule has 3 rings (SSSR count). The summed E-state index contributed by atoms with van der Waals surface area (Å²) in [5.74, 6) is -0.706. The number of hydrogen-bond donors (Lipinski definition) is 3. The highest BCUT2D eigenvalue weighted by Crippen LogP contribution is 2.26. The van der Waals surface area contributed by atoms with Crippen molar-refractivity contribution in [1.82, 2.24) is 20.8 Å². The molecule has 1 aliphatic carbocycles. The number of hydrogen-bond acceptors (Lipinski definition) is 5. The van der Waals surface area contributed by atoms with E-state index in [2.05, 4.69) is 26.1 Å². The third kappa shape index (κ3) is 5.98. The molecule has 30 heavy (non-hydrogen) atoms. The molecular weight excluding hydrogens is 405 g/mol. The van der Waals surface area contributed by atoms with Crippen LogP contribution in [-0.4, -0.2) is 34.2 Å². The standard InChI is InChI=1S/C21H28FN5O2S/c1-3-13(2)17(24-20(29)23-16-7-5-4-6-8-16)18(28)25-21-27-26-19(30-21)14-9-11-15(22)12-10-14/h9-13,16-17H,3-8H2,1-2H3,(H2,23,24,29)(H,25,27,28). The van der Waals surface area contributed by atoms with Crippen molar-refractivity contribution in [2.24, 2.45) is 5.92 Å². The average Bonchev–Trinajstić information content (AvgIpc) is 3.21. The molecule has 0 bridgehead atoms. The first-order valence-electron chi connectivity index (χ1n) is 10.4. The van der Waals surface area contributed by atoms with Gasteiger partial charge in [0.15, 0.2) is 0 Å². The van der Waals surface area contributed by atoms with Gasteiger partial charge in [0.25, 0.3) is 0 Å². The van der Waals surface area contributed by atoms with Gasteiger partial charge in [0, 0.05) is 11.6 Å². The zero-order chi connectivity index (χ0) is 21.5. The van der Waals surface area contributed by atoms with Crippen molar-refractivity contribution in [3.8, 4) is 10.6 Å². The van der Waals surface area contributed by atoms with Crippen LogP contribution in [0.5, 0.6) is 0 Å². The summed E-state index contributed by atoms with van der Waals surface area (Å²) in [7, 11) is 0. The monoisotopic (exact) mass is 433 g/mol. The number of anilines is 1. The summed E-state index contributed by atoms with van der Waals surface area (Å²) in [4.78, 5) is 25.3. The van der Waals surface area contributed by atoms with E-state index in [0.29, 0.717) is 10.1 Å². The maximum atomic E-state index is 13.1. The topological polar surface area (TPSA) is 96.0 Å². The molecule has 0 saturated heterocycles. The molecule has 1 heterocycles. The second-order valence-electron chi connectivity index (χ2n) is 7.72. The Morgan fingerprint density at radius 1 is 1.17 bits per heavy atom. The van der Waals surface area contributed by atoms with Crippen molar-refractivity contribution in [2.75, 3.05) is 5.32 Å². The van der Waals surface area contributed by atoms with Crippen LogP contribution in [-0.2, 0) is 4.79 Å². The van der Waals surface area contributed by atoms with E-state index in [4.69, 9.17) is 0 Å². The fraction of sp³-hybridized carbons (Fsp3) is 0.524. The number of urea groups is 1. The molecule has 0 aliphatic heterocycles. The van der Waals surface area contributed by atoms with E-state index in [0.717, 1.165) is 37.7 Å². The molecule has 7 nitrogen and oxygen atoms in total. The first kappa shape index (κ1) is 22.1. The summed E-state index contributed by atoms with van der Waals surface area (Å²) in [6, 6.07) is 5.09. The molecule has 2 unspecified atom stereocenters. The number of rotatable bonds is 7. The van der Waals surface area contributed by atoms with Crippen LogP contribution in [0.4, 0.5) is 14.3 Å². The summed E-state index contributed by atoms with van der Waals surface area (Å²) < 4.78 is 13.1. The van der Waals surface area contributed by atoms with Crippen LogP contribution in [0.15, 0.2) is 24.3 Å². The average molecular weight is 434 g/mol. The van der Waals surface area contributed by atoms with Gasteiger partial charge in [0.2, 0.25) is 11.0 Å². The van der Waals surface area contributed by atoms with Crippen molar-refractivity contribution in [3.63, 3.8) is 0 Å². The quantitative estimate of drug-likeness (QED) is 0.606. The summed E-state index contributed by atoms with van der Waals surface area (Å²) in [6.07, 6.45) is 6.13. The Labute approximate surface area is 179 Å². The van der Waals surface area contributed by atoms with Gasteiger partial charge in [0.1, 0.15) is 16.9 Å². The van der Waals surface area contributed by atoms with Crippen molar-refractivity contribution < 1.29 is 14.0 Å². The normalized spacial score (nSPS) is 16.5. The molecular formula is C21H28FN5O2S. The van der Waals surface area contributed by atoms with E-state index in [-0.39, 0.29) is 29.7 Å². The Morgan fingerprint density at radius 3 is 2.53 bits per heavy atom. The van der Waals surface area contributed by atoms with Crippen molar-refractivity contribution >= 4 is 28.4 Å². The van der Waals surface area contributed by atoms with Crippen LogP contribution in [0.3, 0.4) is 0 Å². The Bertz CT molecular complexity index is 851. The number of nitrogens with one attached hydrogen (secondary N) is 3. The first-order chi connectivity index (χ1) is 14.5. The minimum Gasteiger partial charge on any atom is -0.335 e. The second kappa shape index (κ2) is 10.5. The lowest BCUT2D eigenvalue weighted by molar-refractivity contribution is -0.119. The minimum absolute atomic E-state index is 0.0494. The van der Waals surface area contributed by atoms with E-state index in [9.17, 15) is 14.0 Å². The molecule has 1 fully saturated rings. The number of nitrogens with zero attached hydrogens (tertiary/aromatic N) is 2. The second-order valence-corrected chi connectivity index (χ2v) is 8.70. The number of aromatic nitrogens is 2. The Kier molecular flexibility index (Phi) is 7.73. The predicted molar refractivity (Wildman–Crippen MR) is 116 cm³/mol. The zero-order valence-electron chi connectivity index (χ0n) is 17.3. The van der Waals surface area contributed by atoms with Gasteiger partial charge in [-0.2, -0.15) is 0 Å². The Morgan fingerprint density at radius 2 is 1.87 bits per heavy atom. The fourth-order valence-electron chi connectivity index (χ4n) is 3.48. The summed E-state index contributed by atoms with van der Waals surface area (Å²) in [5.41, 5.74) is 0.720. The lowest BCUT2D eigenvalue weighted by Gasteiger charge is -2.26. The molecule has 0 spiro atoms. The lowest BCUT2D eigenvalue weighted by atomic mass is 9.95. The van der Waals surface area contributed by atoms with Crippen molar-refractivity contribution in [1.29, 1.82) is 0 Å². The maximum Gasteiger partial charge on any atom is 0.315 e. The molecule has 1 saturated carbocycles. The molecule has 1 aliphatic rings. The fourth-order valence-corrected chi connectivity index (χ4v) is 4.24. The number of carbonyl (C=O) groups is 2. The van der Waals surface area contributed by atoms with Crippen LogP contribution in [0.2, 0.25) is 0 Å². The Balaban J connectivity index is 1.62. The van der Waals surface area contributed by atoms with Gasteiger partial charge < -0.3 is 10.6 Å². The third-order valence-electron chi connectivity index (χ3n) is 5.47. The maximum absolute atomic E-state index is 13.1. The molecule has 9 heteroatoms. The summed E-state index contributed by atoms with van der Waals surface area (Å²) in [5, 5.41) is 17.6. The smallest absolute Gasteiger partial charge is 0.315 e. The molecule has 162 valence electrons. The molecule has 2 atom stereocenters. The van der Waals surface area contributed by atoms with Gasteiger partial charge >= 0.3 is 6.03 Å². The minimum atomic E-state index is -0.684. The highest BCUT2D eigenvalue weighted by Gasteiger charge is 2.28. The molecule has 3 amide bonds. The van der Waals surface area contributed by atoms with Gasteiger partial charge in [-0.3, -0.25) is 10.1 Å². The van der Waals surface area contributed by atoms with Crippen LogP contribution in [0, 0.1) is 11.7 Å². The highest BCUT2D eigenvalue weighted by atomic mass is 32.1. The molecule has 2 aromatic rings. The van der Waals surface area contributed by atoms with Gasteiger partial charge in [-0.15, -0.1) is 10.2 Å². The molecule has 3 N–H and O–H groups in total. The van der Waals surface area contributed by atoms with Crippen molar-refractivity contribution in [2.45, 2.75) is 64.5 Å². The van der Waals surface area contributed by atoms with Crippen LogP contribution < -0.4 is 16.0 Å². The van der Waals surface area contributed by atoms with Gasteiger partial charge in [-0.1, -0.05) is 50.9 Å². The molecule has 0 radical (unpaired) electrons. The van der Waals surface area contributed by atoms with Crippen LogP contribution in [0.25, 0.3) is 10.6 Å². The van der Waals surface area contributed by atoms with Crippen LogP contribution >= 0.6 is 11.3 Å². The van der Waals surface area contributed by atoms with E-state index in [1.54, 1.807) is 12.1 Å². The van der Waals surface area contributed by atoms with Crippen LogP contribution in [0.1, 0.15) is 52.4 Å². The first-order valence-corrected chi connectivity index (χ1v) is 11.2. The van der Waals surface area contributed by atoms with E-state index < -0.39 is 6.04 Å². The van der Waals surface area contributed by atoms with E-state index in [1.807, 2.05) is 13.8 Å². The highest BCUT2D eigenvalue weighted by molar-refractivity contribution is 7.18. The summed E-state index contributed by atoms with van der Waals surface area (Å²) in [6.45, 7) is 3.90. The van der Waals surface area contributed by atoms with Gasteiger partial charge in [0.05, 0.1) is 0 Å². The number of benzene rings is 1. The number of carbonyl (C=O) groups excluding carboxylic acids is 2. The Hall–Kier alpha value is -2.55. The number of amides is 3. The SMILES string of the molecule is CCC(C)C(NC(=O)NC1CCCCC1)C(=O)Nc1nnc(-c2ccc(F)cc2)s1. The largest absolute Gasteiger partial charge is 0.335 e. The van der Waals surface area contributed by atoms with Crippen molar-refractivity contribution in [3.05, 3.63) is 30.1 Å². The van der Waals surface area contributed by atoms with Gasteiger partial charge in [-0.25, -0.2) is 9.18 Å². The third-order valence-corrected chi connectivity index (χ3v) is 6.36. The summed E-state index contributed by atoms with van der Waals surface area (Å²) >= 11 is 1.20. The zero-order valence-corrected chi connectivity index (χ0v) is 18.1. The number of halogens is 1. The lowest BCUT2D eigenvalue weighted by Crippen LogP contribution is -2.53. The van der Waals surface area contributed by atoms with E-state index in [1.165, 1.54) is 29.9 Å². The van der Waals surface area contributed by atoms with E-state index >= 15 is 0 Å². The van der Waals surface area contributed by atoms with Gasteiger partial charge in [-0.05, 0) is 43.0 Å².